The van der Waals surface area contributed by atoms with Gasteiger partial charge in [0.2, 0.25) is 0 Å². The van der Waals surface area contributed by atoms with Crippen LogP contribution >= 0.6 is 0 Å². The number of nitrogens with one attached hydrogen (secondary N) is 1. The maximum Gasteiger partial charge on any atom is 0.410 e. The van der Waals surface area contributed by atoms with Gasteiger partial charge in [0.25, 0.3) is 0 Å². The van der Waals surface area contributed by atoms with E-state index in [4.69, 9.17) is 4.74 Å². The molecule has 1 fully saturated rings. The van der Waals surface area contributed by atoms with E-state index in [1.54, 1.807) is 0 Å². The molecule has 126 valence electrons. The minimum absolute atomic E-state index is 0.150. The highest BCUT2D eigenvalue weighted by Crippen LogP contribution is 2.24. The van der Waals surface area contributed by atoms with Gasteiger partial charge in [0.15, 0.2) is 0 Å². The highest BCUT2D eigenvalue weighted by molar-refractivity contribution is 5.68. The van der Waals surface area contributed by atoms with Gasteiger partial charge in [-0.2, -0.15) is 0 Å². The summed E-state index contributed by atoms with van der Waals surface area (Å²) < 4.78 is 5.54. The lowest BCUT2D eigenvalue weighted by Gasteiger charge is -2.31. The van der Waals surface area contributed by atoms with Gasteiger partial charge in [0.05, 0.1) is 0 Å². The van der Waals surface area contributed by atoms with Crippen molar-refractivity contribution in [1.29, 1.82) is 0 Å². The molecule has 4 heteroatoms. The maximum atomic E-state index is 12.3. The molecule has 1 heterocycles. The van der Waals surface area contributed by atoms with Crippen LogP contribution in [0.5, 0.6) is 0 Å². The minimum atomic E-state index is -0.414. The predicted molar refractivity (Wildman–Crippen MR) is 90.0 cm³/mol. The zero-order valence-electron chi connectivity index (χ0n) is 14.6. The first-order valence-corrected chi connectivity index (χ1v) is 8.76. The van der Waals surface area contributed by atoms with Crippen molar-refractivity contribution in [2.45, 2.75) is 89.9 Å². The number of nitrogens with zero attached hydrogens (tertiary/aromatic N) is 1. The van der Waals surface area contributed by atoms with Crippen LogP contribution in [0.25, 0.3) is 0 Å². The number of rotatable bonds is 4. The lowest BCUT2D eigenvalue weighted by molar-refractivity contribution is 0.0214. The van der Waals surface area contributed by atoms with E-state index in [1.807, 2.05) is 25.7 Å². The summed E-state index contributed by atoms with van der Waals surface area (Å²) in [5, 5.41) is 3.72. The van der Waals surface area contributed by atoms with Crippen LogP contribution in [0.15, 0.2) is 12.2 Å². The first-order chi connectivity index (χ1) is 10.3. The van der Waals surface area contributed by atoms with Gasteiger partial charge in [-0.15, -0.1) is 0 Å². The monoisotopic (exact) mass is 308 g/mol. The molecule has 3 atom stereocenters. The molecule has 1 saturated heterocycles. The Kier molecular flexibility index (Phi) is 5.90. The van der Waals surface area contributed by atoms with Crippen LogP contribution < -0.4 is 5.32 Å². The summed E-state index contributed by atoms with van der Waals surface area (Å²) in [6.45, 7) is 8.85. The van der Waals surface area contributed by atoms with Gasteiger partial charge in [-0.1, -0.05) is 12.2 Å². The summed E-state index contributed by atoms with van der Waals surface area (Å²) in [6.07, 6.45) is 11.1. The summed E-state index contributed by atoms with van der Waals surface area (Å²) in [6, 6.07) is 1.34. The van der Waals surface area contributed by atoms with Gasteiger partial charge in [0.1, 0.15) is 5.60 Å². The van der Waals surface area contributed by atoms with Crippen molar-refractivity contribution >= 4 is 6.09 Å². The van der Waals surface area contributed by atoms with E-state index in [-0.39, 0.29) is 6.09 Å². The zero-order valence-corrected chi connectivity index (χ0v) is 14.6. The second-order valence-corrected chi connectivity index (χ2v) is 7.75. The van der Waals surface area contributed by atoms with Crippen molar-refractivity contribution in [2.24, 2.45) is 0 Å². The Morgan fingerprint density at radius 2 is 2.14 bits per heavy atom. The number of hydrogen-bond donors (Lipinski definition) is 1. The Bertz CT molecular complexity index is 400. The van der Waals surface area contributed by atoms with Gasteiger partial charge in [-0.25, -0.2) is 4.79 Å². The summed E-state index contributed by atoms with van der Waals surface area (Å²) >= 11 is 0. The van der Waals surface area contributed by atoms with Crippen molar-refractivity contribution in [2.75, 3.05) is 6.54 Å². The average molecular weight is 308 g/mol. The molecule has 2 rings (SSSR count). The number of likely N-dealkylation sites (tertiary alicyclic amines) is 1. The molecule has 0 radical (unpaired) electrons. The molecule has 0 saturated carbocycles. The highest BCUT2D eigenvalue weighted by atomic mass is 16.6. The van der Waals surface area contributed by atoms with Crippen LogP contribution in [0.1, 0.15) is 66.2 Å². The number of amides is 1. The molecule has 0 spiro atoms. The molecule has 3 unspecified atom stereocenters. The second-order valence-electron chi connectivity index (χ2n) is 7.75. The molecule has 0 aromatic heterocycles. The summed E-state index contributed by atoms with van der Waals surface area (Å²) in [4.78, 5) is 14.3. The van der Waals surface area contributed by atoms with Crippen LogP contribution in [0.2, 0.25) is 0 Å². The summed E-state index contributed by atoms with van der Waals surface area (Å²) in [7, 11) is 0. The summed E-state index contributed by atoms with van der Waals surface area (Å²) in [5.74, 6) is 0. The van der Waals surface area contributed by atoms with Crippen LogP contribution in [-0.2, 0) is 4.74 Å². The average Bonchev–Trinajstić information content (AvgIpc) is 2.86. The Balaban J connectivity index is 1.82. The van der Waals surface area contributed by atoms with E-state index in [2.05, 4.69) is 24.4 Å². The number of carbonyl (C=O) groups is 1. The van der Waals surface area contributed by atoms with E-state index in [0.717, 1.165) is 32.2 Å². The smallest absolute Gasteiger partial charge is 0.410 e. The normalized spacial score (nSPS) is 27.0. The van der Waals surface area contributed by atoms with Crippen LogP contribution in [0.3, 0.4) is 0 Å². The molecule has 2 aliphatic rings. The van der Waals surface area contributed by atoms with Crippen molar-refractivity contribution < 1.29 is 9.53 Å². The molecular formula is C18H32N2O2. The molecule has 1 amide bonds. The van der Waals surface area contributed by atoms with Crippen LogP contribution in [0.4, 0.5) is 4.79 Å². The van der Waals surface area contributed by atoms with Gasteiger partial charge in [-0.05, 0) is 66.2 Å². The van der Waals surface area contributed by atoms with E-state index in [1.165, 1.54) is 12.8 Å². The zero-order chi connectivity index (χ0) is 16.2. The third-order valence-electron chi connectivity index (χ3n) is 4.42. The maximum absolute atomic E-state index is 12.3. The van der Waals surface area contributed by atoms with E-state index >= 15 is 0 Å². The first-order valence-electron chi connectivity index (χ1n) is 8.76. The number of carbonyl (C=O) groups excluding carboxylic acids is 1. The minimum Gasteiger partial charge on any atom is -0.444 e. The Morgan fingerprint density at radius 1 is 1.36 bits per heavy atom. The largest absolute Gasteiger partial charge is 0.444 e. The SMILES string of the molecule is CC(CC1CCCN1C(=O)OC(C)(C)C)NC1CC=CCC1. The highest BCUT2D eigenvalue weighted by Gasteiger charge is 2.33. The molecule has 1 aliphatic heterocycles. The van der Waals surface area contributed by atoms with E-state index in [0.29, 0.717) is 18.1 Å². The molecular weight excluding hydrogens is 276 g/mol. The van der Waals surface area contributed by atoms with Crippen molar-refractivity contribution in [3.63, 3.8) is 0 Å². The third kappa shape index (κ3) is 5.31. The number of hydrogen-bond acceptors (Lipinski definition) is 3. The van der Waals surface area contributed by atoms with Crippen molar-refractivity contribution in [3.05, 3.63) is 12.2 Å². The first kappa shape index (κ1) is 17.3. The lowest BCUT2D eigenvalue weighted by atomic mass is 9.99. The second kappa shape index (κ2) is 7.49. The fourth-order valence-corrected chi connectivity index (χ4v) is 3.47. The fraction of sp³-hybridized carbons (Fsp3) is 0.833. The Labute approximate surface area is 135 Å². The molecule has 0 bridgehead atoms. The molecule has 1 N–H and O–H groups in total. The molecule has 0 aromatic carbocycles. The number of ether oxygens (including phenoxy) is 1. The van der Waals surface area contributed by atoms with Gasteiger partial charge in [0, 0.05) is 24.7 Å². The van der Waals surface area contributed by atoms with Crippen LogP contribution in [-0.4, -0.2) is 41.3 Å². The van der Waals surface area contributed by atoms with Crippen molar-refractivity contribution in [3.8, 4) is 0 Å². The lowest BCUT2D eigenvalue weighted by Crippen LogP contribution is -2.44. The van der Waals surface area contributed by atoms with Crippen LogP contribution in [0, 0.1) is 0 Å². The molecule has 22 heavy (non-hydrogen) atoms. The molecule has 1 aliphatic carbocycles. The molecule has 4 nitrogen and oxygen atoms in total. The van der Waals surface area contributed by atoms with Gasteiger partial charge < -0.3 is 15.0 Å². The Morgan fingerprint density at radius 3 is 2.77 bits per heavy atom. The number of allylic oxidation sites excluding steroid dienone is 1. The van der Waals surface area contributed by atoms with Crippen molar-refractivity contribution in [1.82, 2.24) is 10.2 Å². The van der Waals surface area contributed by atoms with Gasteiger partial charge >= 0.3 is 6.09 Å². The predicted octanol–water partition coefficient (Wildman–Crippen LogP) is 3.86. The van der Waals surface area contributed by atoms with E-state index in [9.17, 15) is 4.79 Å². The summed E-state index contributed by atoms with van der Waals surface area (Å²) in [5.41, 5.74) is -0.414. The molecule has 0 aromatic rings. The third-order valence-corrected chi connectivity index (χ3v) is 4.42. The Hall–Kier alpha value is -1.03. The quantitative estimate of drug-likeness (QED) is 0.802. The fourth-order valence-electron chi connectivity index (χ4n) is 3.47. The standard InChI is InChI=1S/C18H32N2O2/c1-14(19-15-9-6-5-7-10-15)13-16-11-8-12-20(16)17(21)22-18(2,3)4/h5-6,14-16,19H,7-13H2,1-4H3. The van der Waals surface area contributed by atoms with Gasteiger partial charge in [-0.3, -0.25) is 0 Å². The topological polar surface area (TPSA) is 41.6 Å². The van der Waals surface area contributed by atoms with E-state index < -0.39 is 5.60 Å².